The zero-order valence-electron chi connectivity index (χ0n) is 12.6. The van der Waals surface area contributed by atoms with Gasteiger partial charge in [0, 0.05) is 26.6 Å². The fourth-order valence-corrected chi connectivity index (χ4v) is 1.81. The summed E-state index contributed by atoms with van der Waals surface area (Å²) in [7, 11) is 1.92. The predicted octanol–water partition coefficient (Wildman–Crippen LogP) is 2.25. The maximum absolute atomic E-state index is 8.90. The van der Waals surface area contributed by atoms with Gasteiger partial charge in [-0.05, 0) is 24.0 Å². The summed E-state index contributed by atoms with van der Waals surface area (Å²) in [5, 5.41) is 20.8. The highest BCUT2D eigenvalue weighted by molar-refractivity contribution is 5.48. The molecule has 0 fully saturated rings. The van der Waals surface area contributed by atoms with Crippen LogP contribution < -0.4 is 10.2 Å². The van der Waals surface area contributed by atoms with E-state index in [1.165, 1.54) is 0 Å². The minimum Gasteiger partial charge on any atom is -0.395 e. The highest BCUT2D eigenvalue weighted by atomic mass is 16.3. The Hall–Kier alpha value is -1.80. The minimum atomic E-state index is 0.0732. The van der Waals surface area contributed by atoms with Crippen molar-refractivity contribution in [3.05, 3.63) is 18.3 Å². The first-order valence-corrected chi connectivity index (χ1v) is 6.87. The first-order valence-electron chi connectivity index (χ1n) is 6.87. The average molecular weight is 276 g/mol. The lowest BCUT2D eigenvalue weighted by Crippen LogP contribution is -2.24. The molecule has 0 saturated carbocycles. The molecule has 0 saturated heterocycles. The van der Waals surface area contributed by atoms with E-state index >= 15 is 0 Å². The molecule has 0 atom stereocenters. The fraction of sp³-hybridized carbons (Fsp3) is 0.600. The van der Waals surface area contributed by atoms with Crippen molar-refractivity contribution in [3.63, 3.8) is 0 Å². The molecule has 20 heavy (non-hydrogen) atoms. The molecule has 5 nitrogen and oxygen atoms in total. The van der Waals surface area contributed by atoms with Gasteiger partial charge in [-0.3, -0.25) is 0 Å². The number of likely N-dealkylation sites (N-methyl/N-ethyl adjacent to an activating group) is 1. The lowest BCUT2D eigenvalue weighted by atomic mass is 9.88. The first kappa shape index (κ1) is 16.3. The van der Waals surface area contributed by atoms with Gasteiger partial charge in [0.2, 0.25) is 0 Å². The van der Waals surface area contributed by atoms with Crippen molar-refractivity contribution >= 4 is 11.5 Å². The van der Waals surface area contributed by atoms with Crippen LogP contribution in [0.25, 0.3) is 0 Å². The largest absolute Gasteiger partial charge is 0.395 e. The number of pyridine rings is 1. The second kappa shape index (κ2) is 7.71. The average Bonchev–Trinajstić information content (AvgIpc) is 2.44. The van der Waals surface area contributed by atoms with Gasteiger partial charge in [0.1, 0.15) is 5.82 Å². The fourth-order valence-electron chi connectivity index (χ4n) is 1.81. The van der Waals surface area contributed by atoms with E-state index < -0.39 is 0 Å². The van der Waals surface area contributed by atoms with Gasteiger partial charge >= 0.3 is 0 Å². The second-order valence-corrected chi connectivity index (χ2v) is 5.72. The van der Waals surface area contributed by atoms with E-state index in [4.69, 9.17) is 10.4 Å². The van der Waals surface area contributed by atoms with Crippen LogP contribution in [0.15, 0.2) is 18.3 Å². The van der Waals surface area contributed by atoms with Gasteiger partial charge in [-0.25, -0.2) is 4.98 Å². The topological polar surface area (TPSA) is 72.2 Å². The van der Waals surface area contributed by atoms with Crippen molar-refractivity contribution in [3.8, 4) is 6.07 Å². The van der Waals surface area contributed by atoms with Crippen molar-refractivity contribution in [1.82, 2.24) is 4.98 Å². The molecule has 1 rings (SSSR count). The smallest absolute Gasteiger partial charge is 0.126 e. The van der Waals surface area contributed by atoms with Crippen LogP contribution in [0.4, 0.5) is 11.5 Å². The highest BCUT2D eigenvalue weighted by Gasteiger charge is 2.17. The number of aliphatic hydroxyl groups is 1. The van der Waals surface area contributed by atoms with Crippen LogP contribution in [0, 0.1) is 16.7 Å². The molecule has 0 radical (unpaired) electrons. The Morgan fingerprint density at radius 2 is 2.20 bits per heavy atom. The van der Waals surface area contributed by atoms with Gasteiger partial charge in [-0.2, -0.15) is 5.26 Å². The molecule has 0 aromatic carbocycles. The maximum atomic E-state index is 8.90. The van der Waals surface area contributed by atoms with E-state index in [-0.39, 0.29) is 12.0 Å². The molecule has 110 valence electrons. The maximum Gasteiger partial charge on any atom is 0.126 e. The number of hydrogen-bond acceptors (Lipinski definition) is 5. The number of nitrogens with zero attached hydrogens (tertiary/aromatic N) is 3. The van der Waals surface area contributed by atoms with Gasteiger partial charge in [-0.15, -0.1) is 0 Å². The van der Waals surface area contributed by atoms with Crippen LogP contribution in [0.3, 0.4) is 0 Å². The van der Waals surface area contributed by atoms with Crippen LogP contribution >= 0.6 is 0 Å². The van der Waals surface area contributed by atoms with Crippen molar-refractivity contribution < 1.29 is 5.11 Å². The number of aliphatic hydroxyl groups excluding tert-OH is 1. The molecule has 0 spiro atoms. The molecular formula is C15H24N4O. The van der Waals surface area contributed by atoms with E-state index in [2.05, 4.69) is 30.2 Å². The zero-order valence-corrected chi connectivity index (χ0v) is 12.6. The van der Waals surface area contributed by atoms with Crippen LogP contribution in [-0.4, -0.2) is 36.8 Å². The third kappa shape index (κ3) is 5.45. The molecule has 0 aliphatic carbocycles. The van der Waals surface area contributed by atoms with Gasteiger partial charge < -0.3 is 15.3 Å². The molecule has 1 aromatic heterocycles. The molecule has 5 heteroatoms. The minimum absolute atomic E-state index is 0.0732. The third-order valence-electron chi connectivity index (χ3n) is 3.29. The Kier molecular flexibility index (Phi) is 6.26. The predicted molar refractivity (Wildman–Crippen MR) is 81.7 cm³/mol. The number of rotatable bonds is 8. The summed E-state index contributed by atoms with van der Waals surface area (Å²) in [6.45, 7) is 5.79. The second-order valence-electron chi connectivity index (χ2n) is 5.72. The molecule has 0 unspecified atom stereocenters. The van der Waals surface area contributed by atoms with Gasteiger partial charge in [-0.1, -0.05) is 13.8 Å². The van der Waals surface area contributed by atoms with Gasteiger partial charge in [0.15, 0.2) is 0 Å². The summed E-state index contributed by atoms with van der Waals surface area (Å²) < 4.78 is 0. The molecule has 1 aromatic rings. The molecular weight excluding hydrogens is 252 g/mol. The lowest BCUT2D eigenvalue weighted by molar-refractivity contribution is 0.304. The van der Waals surface area contributed by atoms with E-state index in [1.807, 2.05) is 24.1 Å². The number of aromatic nitrogens is 1. The van der Waals surface area contributed by atoms with Crippen molar-refractivity contribution in [1.29, 1.82) is 5.26 Å². The van der Waals surface area contributed by atoms with Crippen molar-refractivity contribution in [2.45, 2.75) is 26.7 Å². The summed E-state index contributed by atoms with van der Waals surface area (Å²) in [6, 6.07) is 6.10. The summed E-state index contributed by atoms with van der Waals surface area (Å²) >= 11 is 0. The lowest BCUT2D eigenvalue weighted by Gasteiger charge is -2.24. The Bertz CT molecular complexity index is 436. The summed E-state index contributed by atoms with van der Waals surface area (Å²) in [6.07, 6.45) is 3.24. The number of nitrogens with one attached hydrogen (secondary N) is 1. The molecule has 1 heterocycles. The quantitative estimate of drug-likeness (QED) is 0.762. The standard InChI is InChI=1S/C15H24N4O/c1-15(2,7-4-8-16)12-18-14-6-5-13(11-17-14)19(3)9-10-20/h5-6,11,20H,4,7,9-10,12H2,1-3H3,(H,17,18). The Morgan fingerprint density at radius 1 is 1.45 bits per heavy atom. The number of anilines is 2. The first-order chi connectivity index (χ1) is 9.48. The van der Waals surface area contributed by atoms with E-state index in [0.29, 0.717) is 13.0 Å². The normalized spacial score (nSPS) is 10.9. The van der Waals surface area contributed by atoms with Gasteiger partial charge in [0.05, 0.1) is 24.6 Å². The Balaban J connectivity index is 2.51. The summed E-state index contributed by atoms with van der Waals surface area (Å²) in [5.41, 5.74) is 1.05. The Morgan fingerprint density at radius 3 is 2.75 bits per heavy atom. The summed E-state index contributed by atoms with van der Waals surface area (Å²) in [4.78, 5) is 6.32. The van der Waals surface area contributed by atoms with Crippen LogP contribution in [0.1, 0.15) is 26.7 Å². The van der Waals surface area contributed by atoms with Crippen molar-refractivity contribution in [2.24, 2.45) is 5.41 Å². The van der Waals surface area contributed by atoms with E-state index in [9.17, 15) is 0 Å². The number of nitriles is 1. The summed E-state index contributed by atoms with van der Waals surface area (Å²) in [5.74, 6) is 0.830. The van der Waals surface area contributed by atoms with Gasteiger partial charge in [0.25, 0.3) is 0 Å². The van der Waals surface area contributed by atoms with Crippen LogP contribution in [0.5, 0.6) is 0 Å². The monoisotopic (exact) mass is 276 g/mol. The van der Waals surface area contributed by atoms with E-state index in [0.717, 1.165) is 24.5 Å². The molecule has 0 aliphatic rings. The molecule has 0 aliphatic heterocycles. The molecule has 0 amide bonds. The van der Waals surface area contributed by atoms with Crippen molar-refractivity contribution in [2.75, 3.05) is 37.0 Å². The Labute approximate surface area is 121 Å². The van der Waals surface area contributed by atoms with Crippen LogP contribution in [0.2, 0.25) is 0 Å². The molecule has 2 N–H and O–H groups in total. The molecule has 0 bridgehead atoms. The van der Waals surface area contributed by atoms with E-state index in [1.54, 1.807) is 6.20 Å². The highest BCUT2D eigenvalue weighted by Crippen LogP contribution is 2.22. The number of hydrogen-bond donors (Lipinski definition) is 2. The zero-order chi connectivity index (χ0) is 15.0. The SMILES string of the molecule is CN(CCO)c1ccc(NCC(C)(C)CCC#N)nc1. The third-order valence-corrected chi connectivity index (χ3v) is 3.29. The van der Waals surface area contributed by atoms with Crippen LogP contribution in [-0.2, 0) is 0 Å².